The van der Waals surface area contributed by atoms with Crippen molar-refractivity contribution in [1.29, 1.82) is 0 Å². The van der Waals surface area contributed by atoms with Crippen molar-refractivity contribution in [3.8, 4) is 0 Å². The number of fused-ring (bicyclic) bond motifs is 1. The molecule has 0 spiro atoms. The lowest BCUT2D eigenvalue weighted by Gasteiger charge is -2.17. The first-order chi connectivity index (χ1) is 16.7. The Balaban J connectivity index is 1.69. The molecule has 0 aliphatic rings. The number of aliphatic hydroxyl groups is 1. The number of carboxylic acids is 2. The molecule has 35 heavy (non-hydrogen) atoms. The van der Waals surface area contributed by atoms with Gasteiger partial charge in [-0.25, -0.2) is 4.79 Å². The van der Waals surface area contributed by atoms with Gasteiger partial charge in [-0.15, -0.1) is 0 Å². The molecule has 1 amide bonds. The number of carbonyl (C=O) groups excluding carboxylic acids is 1. The Morgan fingerprint density at radius 2 is 1.74 bits per heavy atom. The Morgan fingerprint density at radius 3 is 2.37 bits per heavy atom. The minimum Gasteiger partial charge on any atom is -0.481 e. The van der Waals surface area contributed by atoms with E-state index in [0.717, 1.165) is 11.1 Å². The number of carboxylic acid groups (broad SMARTS) is 2. The van der Waals surface area contributed by atoms with Gasteiger partial charge in [-0.1, -0.05) is 12.1 Å². The smallest absolute Gasteiger partial charge is 0.326 e. The molecule has 3 aromatic rings. The van der Waals surface area contributed by atoms with E-state index in [0.29, 0.717) is 36.1 Å². The topological polar surface area (TPSA) is 218 Å². The Labute approximate surface area is 200 Å². The second kappa shape index (κ2) is 11.3. The van der Waals surface area contributed by atoms with E-state index in [1.807, 2.05) is 6.20 Å². The van der Waals surface area contributed by atoms with Crippen LogP contribution < -0.4 is 16.8 Å². The first-order valence-electron chi connectivity index (χ1n) is 11.0. The summed E-state index contributed by atoms with van der Waals surface area (Å²) in [5.41, 5.74) is 14.3. The van der Waals surface area contributed by atoms with E-state index >= 15 is 0 Å². The predicted molar refractivity (Wildman–Crippen MR) is 128 cm³/mol. The van der Waals surface area contributed by atoms with Gasteiger partial charge >= 0.3 is 11.9 Å². The zero-order valence-corrected chi connectivity index (χ0v) is 18.9. The van der Waals surface area contributed by atoms with Crippen LogP contribution in [0, 0.1) is 0 Å². The maximum atomic E-state index is 12.5. The molecule has 1 unspecified atom stereocenters. The number of anilines is 2. The van der Waals surface area contributed by atoms with Crippen molar-refractivity contribution in [3.63, 3.8) is 0 Å². The van der Waals surface area contributed by atoms with Gasteiger partial charge in [-0.2, -0.15) is 9.97 Å². The number of nitrogen functional groups attached to an aromatic ring is 2. The summed E-state index contributed by atoms with van der Waals surface area (Å²) in [6, 6.07) is 5.37. The fourth-order valence-corrected chi connectivity index (χ4v) is 3.98. The van der Waals surface area contributed by atoms with Gasteiger partial charge < -0.3 is 37.1 Å². The molecule has 0 radical (unpaired) electrons. The second-order valence-corrected chi connectivity index (χ2v) is 8.17. The summed E-state index contributed by atoms with van der Waals surface area (Å²) in [5.74, 6) is -2.69. The molecule has 0 aliphatic heterocycles. The summed E-state index contributed by atoms with van der Waals surface area (Å²) in [5, 5.41) is 30.6. The Morgan fingerprint density at radius 1 is 1.03 bits per heavy atom. The molecule has 2 atom stereocenters. The zero-order valence-electron chi connectivity index (χ0n) is 18.9. The average Bonchev–Trinajstić information content (AvgIpc) is 3.22. The van der Waals surface area contributed by atoms with E-state index in [9.17, 15) is 24.6 Å². The minimum atomic E-state index is -1.30. The monoisotopic (exact) mass is 484 g/mol. The van der Waals surface area contributed by atoms with Gasteiger partial charge in [0, 0.05) is 24.8 Å². The molecule has 1 aromatic carbocycles. The van der Waals surface area contributed by atoms with Crippen LogP contribution >= 0.6 is 0 Å². The fraction of sp³-hybridized carbons (Fsp3) is 0.348. The SMILES string of the molecule is Nc1nc(N)c2c(CCC(CCO)c3ccc(C(=O)N[C@@H](CCC(=O)O)C(=O)O)cc3)c[nH]c2n1. The van der Waals surface area contributed by atoms with Crippen LogP contribution in [0.4, 0.5) is 11.8 Å². The molecule has 12 nitrogen and oxygen atoms in total. The standard InChI is InChI=1S/C23H28N6O6/c24-19-18-15(11-26-20(18)29-23(25)28-19)6-3-13(9-10-30)12-1-4-14(5-2-12)21(33)27-16(22(34)35)7-8-17(31)32/h1-2,4-5,11,13,16,30H,3,6-10H2,(H,27,33)(H,31,32)(H,34,35)(H5,24,25,26,28,29)/t13?,16-/m0/s1. The molecule has 12 heteroatoms. The van der Waals surface area contributed by atoms with Crippen molar-refractivity contribution >= 4 is 40.6 Å². The van der Waals surface area contributed by atoms with Crippen LogP contribution in [0.15, 0.2) is 30.5 Å². The third-order valence-electron chi connectivity index (χ3n) is 5.79. The number of H-pyrrole nitrogens is 1. The molecule has 0 fully saturated rings. The highest BCUT2D eigenvalue weighted by Gasteiger charge is 2.22. The number of nitrogens with two attached hydrogens (primary N) is 2. The van der Waals surface area contributed by atoms with Gasteiger partial charge in [-0.05, 0) is 54.9 Å². The van der Waals surface area contributed by atoms with Crippen LogP contribution in [-0.4, -0.2) is 60.8 Å². The lowest BCUT2D eigenvalue weighted by Crippen LogP contribution is -2.41. The summed E-state index contributed by atoms with van der Waals surface area (Å²) < 4.78 is 0. The highest BCUT2D eigenvalue weighted by atomic mass is 16.4. The number of rotatable bonds is 12. The number of aromatic amines is 1. The first-order valence-corrected chi connectivity index (χ1v) is 11.0. The van der Waals surface area contributed by atoms with E-state index in [2.05, 4.69) is 20.3 Å². The number of aliphatic carboxylic acids is 2. The van der Waals surface area contributed by atoms with Crippen LogP contribution in [0.3, 0.4) is 0 Å². The van der Waals surface area contributed by atoms with Gasteiger partial charge in [-0.3, -0.25) is 9.59 Å². The third kappa shape index (κ3) is 6.44. The van der Waals surface area contributed by atoms with Gasteiger partial charge in [0.05, 0.1) is 5.39 Å². The molecule has 0 bridgehead atoms. The summed E-state index contributed by atoms with van der Waals surface area (Å²) in [4.78, 5) is 45.7. The number of aryl methyl sites for hydroxylation is 1. The maximum Gasteiger partial charge on any atom is 0.326 e. The maximum absolute atomic E-state index is 12.5. The van der Waals surface area contributed by atoms with Crippen LogP contribution in [-0.2, 0) is 16.0 Å². The summed E-state index contributed by atoms with van der Waals surface area (Å²) in [7, 11) is 0. The molecule has 2 heterocycles. The number of hydrogen-bond acceptors (Lipinski definition) is 8. The Kier molecular flexibility index (Phi) is 8.21. The highest BCUT2D eigenvalue weighted by Crippen LogP contribution is 2.29. The highest BCUT2D eigenvalue weighted by molar-refractivity contribution is 5.96. The molecule has 2 aromatic heterocycles. The van der Waals surface area contributed by atoms with E-state index in [-0.39, 0.29) is 36.9 Å². The van der Waals surface area contributed by atoms with Crippen LogP contribution in [0.2, 0.25) is 0 Å². The molecule has 3 rings (SSSR count). The molecule has 0 saturated heterocycles. The quantitative estimate of drug-likeness (QED) is 0.195. The third-order valence-corrected chi connectivity index (χ3v) is 5.79. The van der Waals surface area contributed by atoms with E-state index in [1.165, 1.54) is 0 Å². The van der Waals surface area contributed by atoms with Crippen LogP contribution in [0.25, 0.3) is 11.0 Å². The van der Waals surface area contributed by atoms with Crippen molar-refractivity contribution in [2.45, 2.75) is 44.1 Å². The Hall–Kier alpha value is -4.19. The second-order valence-electron chi connectivity index (χ2n) is 8.17. The fourth-order valence-electron chi connectivity index (χ4n) is 3.98. The van der Waals surface area contributed by atoms with Crippen molar-refractivity contribution in [2.75, 3.05) is 18.1 Å². The Bertz CT molecular complexity index is 1210. The summed E-state index contributed by atoms with van der Waals surface area (Å²) >= 11 is 0. The van der Waals surface area contributed by atoms with Gasteiger partial charge in [0.1, 0.15) is 17.5 Å². The minimum absolute atomic E-state index is 0.0136. The number of aliphatic hydroxyl groups excluding tert-OH is 1. The molecule has 9 N–H and O–H groups in total. The van der Waals surface area contributed by atoms with Crippen molar-refractivity contribution in [3.05, 3.63) is 47.2 Å². The van der Waals surface area contributed by atoms with Crippen LogP contribution in [0.1, 0.15) is 53.1 Å². The van der Waals surface area contributed by atoms with Gasteiger partial charge in [0.2, 0.25) is 5.95 Å². The number of nitrogens with zero attached hydrogens (tertiary/aromatic N) is 2. The molecular formula is C23H28N6O6. The number of aromatic nitrogens is 3. The zero-order chi connectivity index (χ0) is 25.5. The van der Waals surface area contributed by atoms with Gasteiger partial charge in [0.15, 0.2) is 0 Å². The van der Waals surface area contributed by atoms with Crippen molar-refractivity contribution in [1.82, 2.24) is 20.3 Å². The lowest BCUT2D eigenvalue weighted by atomic mass is 9.89. The molecule has 186 valence electrons. The van der Waals surface area contributed by atoms with Crippen LogP contribution in [0.5, 0.6) is 0 Å². The number of nitrogens with one attached hydrogen (secondary N) is 2. The molecule has 0 saturated carbocycles. The largest absolute Gasteiger partial charge is 0.481 e. The normalized spacial score (nSPS) is 12.8. The number of amides is 1. The molecular weight excluding hydrogens is 456 g/mol. The number of carbonyl (C=O) groups is 3. The lowest BCUT2D eigenvalue weighted by molar-refractivity contribution is -0.140. The predicted octanol–water partition coefficient (Wildman–Crippen LogP) is 1.27. The van der Waals surface area contributed by atoms with E-state index < -0.39 is 23.9 Å². The number of benzene rings is 1. The van der Waals surface area contributed by atoms with Crippen molar-refractivity contribution in [2.24, 2.45) is 0 Å². The number of hydrogen-bond donors (Lipinski definition) is 7. The van der Waals surface area contributed by atoms with Crippen molar-refractivity contribution < 1.29 is 29.7 Å². The van der Waals surface area contributed by atoms with Gasteiger partial charge in [0.25, 0.3) is 5.91 Å². The molecule has 0 aliphatic carbocycles. The average molecular weight is 485 g/mol. The van der Waals surface area contributed by atoms with E-state index in [4.69, 9.17) is 16.6 Å². The summed E-state index contributed by atoms with van der Waals surface area (Å²) in [6.45, 7) is -0.0214. The first kappa shape index (κ1) is 25.4. The van der Waals surface area contributed by atoms with E-state index in [1.54, 1.807) is 24.3 Å². The summed E-state index contributed by atoms with van der Waals surface area (Å²) in [6.07, 6.45) is 3.03.